The van der Waals surface area contributed by atoms with E-state index in [-0.39, 0.29) is 29.7 Å². The molecule has 8 aliphatic carbocycles. The van der Waals surface area contributed by atoms with Gasteiger partial charge in [-0.05, 0) is 84.4 Å². The predicted molar refractivity (Wildman–Crippen MR) is 349 cm³/mol. The van der Waals surface area contributed by atoms with Crippen LogP contribution in [0, 0.1) is 65.1 Å². The van der Waals surface area contributed by atoms with Crippen LogP contribution in [-0.2, 0) is 0 Å². The van der Waals surface area contributed by atoms with Crippen molar-refractivity contribution in [2.24, 2.45) is 65.1 Å². The Bertz CT molecular complexity index is 881. The Morgan fingerprint density at radius 3 is 0.500 bits per heavy atom. The molecular weight excluding hydrogens is 889 g/mol. The van der Waals surface area contributed by atoms with E-state index < -0.39 is 0 Å². The molecule has 0 amide bonds. The van der Waals surface area contributed by atoms with Crippen LogP contribution in [0.3, 0.4) is 0 Å². The van der Waals surface area contributed by atoms with Crippen molar-refractivity contribution < 1.29 is 0 Å². The normalized spacial score (nSPS) is 28.4. The van der Waals surface area contributed by atoms with Crippen LogP contribution < -0.4 is 0 Å². The Morgan fingerprint density at radius 2 is 0.284 bits per heavy atom. The zero-order chi connectivity index (χ0) is 51.3. The number of hydrogen-bond donors (Lipinski definition) is 0. The molecule has 0 nitrogen and oxygen atoms in total. The molecule has 0 aromatic carbocycles. The molecule has 0 N–H and O–H groups in total. The van der Waals surface area contributed by atoms with E-state index in [2.05, 4.69) is 48.5 Å². The van der Waals surface area contributed by atoms with E-state index in [9.17, 15) is 0 Å². The SMILES string of the molecule is C.C.C.C.CC.CC.CC1CCCC(C)CCC1.CC1CCCC(C2CCCCCC(C3CC3)C2)CCC1.CC1CCCCCCC1.CC1CCCCCCC1.CC1CCCCCCC1.CC1CCCCCCC1. The van der Waals surface area contributed by atoms with Crippen molar-refractivity contribution in [3.05, 3.63) is 0 Å². The maximum atomic E-state index is 2.47. The first-order chi connectivity index (χ1) is 34.2. The van der Waals surface area contributed by atoms with Crippen LogP contribution >= 0.6 is 0 Å². The molecule has 74 heavy (non-hydrogen) atoms. The minimum Gasteiger partial charge on any atom is -0.0776 e. The molecule has 452 valence electrons. The summed E-state index contributed by atoms with van der Waals surface area (Å²) < 4.78 is 0. The van der Waals surface area contributed by atoms with Crippen LogP contribution in [0.2, 0.25) is 0 Å². The summed E-state index contributed by atoms with van der Waals surface area (Å²) in [5.74, 6) is 11.6. The average molecular weight is 1050 g/mol. The summed E-state index contributed by atoms with van der Waals surface area (Å²) in [6.07, 6.45) is 72.2. The van der Waals surface area contributed by atoms with E-state index in [0.29, 0.717) is 0 Å². The Kier molecular flexibility index (Phi) is 62.7. The molecule has 8 aliphatic rings. The van der Waals surface area contributed by atoms with Gasteiger partial charge in [0.1, 0.15) is 0 Å². The molecule has 0 aromatic rings. The van der Waals surface area contributed by atoms with Crippen LogP contribution in [0.5, 0.6) is 0 Å². The van der Waals surface area contributed by atoms with Crippen molar-refractivity contribution in [2.45, 2.75) is 414 Å². The van der Waals surface area contributed by atoms with Gasteiger partial charge in [-0.1, -0.05) is 395 Å². The Balaban J connectivity index is -0.000000401. The van der Waals surface area contributed by atoms with E-state index in [0.717, 1.165) is 65.1 Å². The second kappa shape index (κ2) is 57.7. The molecule has 0 heterocycles. The van der Waals surface area contributed by atoms with Gasteiger partial charge in [-0.25, -0.2) is 0 Å². The van der Waals surface area contributed by atoms with Gasteiger partial charge >= 0.3 is 0 Å². The lowest BCUT2D eigenvalue weighted by Gasteiger charge is -2.34. The van der Waals surface area contributed by atoms with Crippen LogP contribution in [-0.4, -0.2) is 0 Å². The standard InChI is InChI=1S/C20H36.C10H20.4C9H18.2C2H6.4CH4/c1-16-7-5-11-17(12-6-8-16)19-9-3-2-4-10-20(15-19)18-13-14-18;1-9-5-3-7-10(2)8-4-6-9;4*1-9-7-5-3-2-4-6-8-9;2*1-2;;;;/h16-20H,2-15H2,1H3;9-10H,3-8H2,1-2H3;4*9H,2-8H2,1H3;2*1-2H3;4*1H4. The fraction of sp³-hybridized carbons (Fsp3) is 1.00. The van der Waals surface area contributed by atoms with Gasteiger partial charge in [0.15, 0.2) is 0 Å². The summed E-state index contributed by atoms with van der Waals surface area (Å²) in [5, 5.41) is 0. The molecule has 2 unspecified atom stereocenters. The smallest absolute Gasteiger partial charge is 0.0383 e. The summed E-state index contributed by atoms with van der Waals surface area (Å²) in [7, 11) is 0. The van der Waals surface area contributed by atoms with Crippen molar-refractivity contribution in [1.29, 1.82) is 0 Å². The maximum absolute atomic E-state index is 2.47. The Labute approximate surface area is 476 Å². The molecule has 0 bridgehead atoms. The van der Waals surface area contributed by atoms with E-state index in [1.165, 1.54) is 263 Å². The van der Waals surface area contributed by atoms with E-state index in [4.69, 9.17) is 0 Å². The highest BCUT2D eigenvalue weighted by atomic mass is 14.4. The zero-order valence-electron chi connectivity index (χ0n) is 51.3. The molecule has 0 aliphatic heterocycles. The highest BCUT2D eigenvalue weighted by Gasteiger charge is 2.35. The molecule has 0 aromatic heterocycles. The molecule has 8 saturated carbocycles. The minimum atomic E-state index is 0. The third kappa shape index (κ3) is 48.0. The molecule has 2 atom stereocenters. The van der Waals surface area contributed by atoms with Crippen molar-refractivity contribution in [2.75, 3.05) is 0 Å². The van der Waals surface area contributed by atoms with Crippen LogP contribution in [0.15, 0.2) is 0 Å². The van der Waals surface area contributed by atoms with E-state index in [1.807, 2.05) is 27.7 Å². The zero-order valence-corrected chi connectivity index (χ0v) is 51.3. The van der Waals surface area contributed by atoms with Crippen LogP contribution in [0.25, 0.3) is 0 Å². The predicted octanol–water partition coefficient (Wildman–Crippen LogP) is 28.3. The monoisotopic (exact) mass is 1050 g/mol. The number of rotatable bonds is 2. The van der Waals surface area contributed by atoms with Crippen LogP contribution in [0.1, 0.15) is 414 Å². The molecule has 0 radical (unpaired) electrons. The van der Waals surface area contributed by atoms with Gasteiger partial charge in [0, 0.05) is 0 Å². The molecular formula is C74H156. The summed E-state index contributed by atoms with van der Waals surface area (Å²) in [6, 6.07) is 0. The quantitative estimate of drug-likeness (QED) is 0.259. The Morgan fingerprint density at radius 1 is 0.149 bits per heavy atom. The van der Waals surface area contributed by atoms with Gasteiger partial charge in [-0.15, -0.1) is 0 Å². The van der Waals surface area contributed by atoms with Gasteiger partial charge in [-0.3, -0.25) is 0 Å². The van der Waals surface area contributed by atoms with Gasteiger partial charge in [-0.2, -0.15) is 0 Å². The van der Waals surface area contributed by atoms with Crippen LogP contribution in [0.4, 0.5) is 0 Å². The van der Waals surface area contributed by atoms with E-state index in [1.54, 1.807) is 44.9 Å². The fourth-order valence-electron chi connectivity index (χ4n) is 13.8. The van der Waals surface area contributed by atoms with Gasteiger partial charge in [0.25, 0.3) is 0 Å². The van der Waals surface area contributed by atoms with Gasteiger partial charge in [0.05, 0.1) is 0 Å². The third-order valence-corrected chi connectivity index (χ3v) is 19.1. The van der Waals surface area contributed by atoms with Gasteiger partial charge < -0.3 is 0 Å². The highest BCUT2D eigenvalue weighted by Crippen LogP contribution is 2.47. The topological polar surface area (TPSA) is 0 Å². The molecule has 8 rings (SSSR count). The van der Waals surface area contributed by atoms with Crippen molar-refractivity contribution in [3.8, 4) is 0 Å². The first-order valence-electron chi connectivity index (χ1n) is 34.2. The molecule has 0 saturated heterocycles. The number of hydrogen-bond acceptors (Lipinski definition) is 0. The van der Waals surface area contributed by atoms with Crippen molar-refractivity contribution in [3.63, 3.8) is 0 Å². The van der Waals surface area contributed by atoms with Gasteiger partial charge in [0.2, 0.25) is 0 Å². The highest BCUT2D eigenvalue weighted by molar-refractivity contribution is 4.86. The molecule has 0 spiro atoms. The summed E-state index contributed by atoms with van der Waals surface area (Å²) in [5.41, 5.74) is 0. The second-order valence-electron chi connectivity index (χ2n) is 26.3. The molecule has 8 fully saturated rings. The lowest BCUT2D eigenvalue weighted by Crippen LogP contribution is -2.22. The second-order valence-corrected chi connectivity index (χ2v) is 26.3. The van der Waals surface area contributed by atoms with Crippen molar-refractivity contribution >= 4 is 0 Å². The average Bonchev–Trinajstić information content (AvgIpc) is 4.16. The van der Waals surface area contributed by atoms with Crippen molar-refractivity contribution in [1.82, 2.24) is 0 Å². The Hall–Kier alpha value is 0. The van der Waals surface area contributed by atoms with E-state index >= 15 is 0 Å². The maximum Gasteiger partial charge on any atom is -0.0383 e. The summed E-state index contributed by atoms with van der Waals surface area (Å²) in [4.78, 5) is 0. The summed E-state index contributed by atoms with van der Waals surface area (Å²) >= 11 is 0. The first-order valence-corrected chi connectivity index (χ1v) is 34.2. The third-order valence-electron chi connectivity index (χ3n) is 19.1. The first kappa shape index (κ1) is 80.5. The molecule has 0 heteroatoms. The fourth-order valence-corrected chi connectivity index (χ4v) is 13.8. The lowest BCUT2D eigenvalue weighted by molar-refractivity contribution is 0.173. The lowest BCUT2D eigenvalue weighted by atomic mass is 9.72. The summed E-state index contributed by atoms with van der Waals surface area (Å²) in [6.45, 7) is 24.8. The largest absolute Gasteiger partial charge is 0.0776 e. The minimum absolute atomic E-state index is 0.